The second kappa shape index (κ2) is 14.0. The maximum absolute atomic E-state index is 13.0. The molecule has 4 amide bonds. The van der Waals surface area contributed by atoms with Crippen LogP contribution in [0.15, 0.2) is 43.1 Å². The van der Waals surface area contributed by atoms with Crippen LogP contribution in [0.3, 0.4) is 0 Å². The number of nitrogens with zero attached hydrogens (tertiary/aromatic N) is 8. The molecule has 0 aliphatic carbocycles. The number of fused-ring (bicyclic) bond motifs is 3. The van der Waals surface area contributed by atoms with Crippen LogP contribution in [0.1, 0.15) is 12.5 Å². The van der Waals surface area contributed by atoms with Gasteiger partial charge in [-0.2, -0.15) is 5.10 Å². The van der Waals surface area contributed by atoms with Gasteiger partial charge in [-0.05, 0) is 24.6 Å². The Balaban J connectivity index is 1.26. The third-order valence-electron chi connectivity index (χ3n) is 7.69. The van der Waals surface area contributed by atoms with E-state index in [-0.39, 0.29) is 12.4 Å². The zero-order valence-electron chi connectivity index (χ0n) is 25.7. The molecule has 246 valence electrons. The number of rotatable bonds is 11. The van der Waals surface area contributed by atoms with Gasteiger partial charge in [-0.3, -0.25) is 14.8 Å². The van der Waals surface area contributed by atoms with Gasteiger partial charge in [0.1, 0.15) is 18.2 Å². The van der Waals surface area contributed by atoms with E-state index in [0.717, 1.165) is 16.3 Å². The molecule has 6 rings (SSSR count). The standard InChI is InChI=1S/C29H34ClN13O4/c1-3-43-26-19(13-36-43)24-18(12-33-26)27(40-39-25(24)32-11-17-4-5-21(46-2)20(30)10-17)42-15-22(35-16-42)37-29(45)38-23(14-34-28(31)44)41-6-8-47-9-7-41/h4-5,10,12-13,15-16,23H,3,6-9,11,14H2,1-2H3,(H,32,39)(H3,31,34,44)(H2,37,38,45). The third-order valence-corrected chi connectivity index (χ3v) is 7.98. The highest BCUT2D eigenvalue weighted by molar-refractivity contribution is 6.32. The molecule has 1 aliphatic heterocycles. The van der Waals surface area contributed by atoms with E-state index in [1.54, 1.807) is 30.3 Å². The van der Waals surface area contributed by atoms with Gasteiger partial charge < -0.3 is 31.2 Å². The van der Waals surface area contributed by atoms with E-state index in [9.17, 15) is 9.59 Å². The number of carbonyl (C=O) groups excluding carboxylic acids is 2. The number of ether oxygens (including phenoxy) is 2. The van der Waals surface area contributed by atoms with Crippen LogP contribution < -0.4 is 31.7 Å². The van der Waals surface area contributed by atoms with E-state index in [1.807, 2.05) is 34.7 Å². The molecule has 0 radical (unpaired) electrons. The lowest BCUT2D eigenvalue weighted by Gasteiger charge is -2.34. The van der Waals surface area contributed by atoms with Gasteiger partial charge >= 0.3 is 12.1 Å². The zero-order chi connectivity index (χ0) is 32.9. The molecule has 0 saturated carbocycles. The van der Waals surface area contributed by atoms with Crippen LogP contribution in [0.25, 0.3) is 27.6 Å². The number of hydrogen-bond donors (Lipinski definition) is 5. The molecule has 1 saturated heterocycles. The van der Waals surface area contributed by atoms with E-state index in [0.29, 0.717) is 72.8 Å². The molecule has 1 aliphatic rings. The molecular formula is C29H34ClN13O4. The molecule has 6 N–H and O–H groups in total. The largest absolute Gasteiger partial charge is 0.495 e. The summed E-state index contributed by atoms with van der Waals surface area (Å²) < 4.78 is 14.1. The number of nitrogens with one attached hydrogen (secondary N) is 4. The topological polar surface area (TPSA) is 204 Å². The van der Waals surface area contributed by atoms with Crippen molar-refractivity contribution in [1.82, 2.24) is 50.0 Å². The minimum atomic E-state index is -0.683. The van der Waals surface area contributed by atoms with E-state index in [1.165, 1.54) is 6.33 Å². The van der Waals surface area contributed by atoms with Gasteiger partial charge in [0.25, 0.3) is 0 Å². The minimum absolute atomic E-state index is 0.126. The Morgan fingerprint density at radius 2 is 1.98 bits per heavy atom. The zero-order valence-corrected chi connectivity index (χ0v) is 26.5. The number of halogens is 1. The number of anilines is 2. The van der Waals surface area contributed by atoms with Gasteiger partial charge in [-0.15, -0.1) is 10.2 Å². The molecular weight excluding hydrogens is 630 g/mol. The van der Waals surface area contributed by atoms with Crippen molar-refractivity contribution in [1.29, 1.82) is 0 Å². The Kier molecular flexibility index (Phi) is 9.46. The van der Waals surface area contributed by atoms with Crippen molar-refractivity contribution in [3.63, 3.8) is 0 Å². The number of hydrogen-bond acceptors (Lipinski definition) is 11. The number of imidazole rings is 1. The van der Waals surface area contributed by atoms with Crippen LogP contribution in [0.5, 0.6) is 5.75 Å². The highest BCUT2D eigenvalue weighted by Crippen LogP contribution is 2.32. The minimum Gasteiger partial charge on any atom is -0.495 e. The van der Waals surface area contributed by atoms with Gasteiger partial charge in [0, 0.05) is 43.1 Å². The predicted molar refractivity (Wildman–Crippen MR) is 175 cm³/mol. The van der Waals surface area contributed by atoms with Crippen molar-refractivity contribution >= 4 is 57.1 Å². The molecule has 1 aromatic carbocycles. The fourth-order valence-corrected chi connectivity index (χ4v) is 5.65. The molecule has 47 heavy (non-hydrogen) atoms. The average Bonchev–Trinajstić information content (AvgIpc) is 3.72. The summed E-state index contributed by atoms with van der Waals surface area (Å²) in [5, 5.41) is 27.9. The number of aryl methyl sites for hydroxylation is 1. The molecule has 1 atom stereocenters. The summed E-state index contributed by atoms with van der Waals surface area (Å²) in [5.74, 6) is 1.85. The smallest absolute Gasteiger partial charge is 0.321 e. The number of aromatic nitrogens is 7. The molecule has 0 spiro atoms. The number of carbonyl (C=O) groups is 2. The average molecular weight is 664 g/mol. The first-order chi connectivity index (χ1) is 22.8. The van der Waals surface area contributed by atoms with E-state index in [4.69, 9.17) is 26.8 Å². The van der Waals surface area contributed by atoms with Crippen molar-refractivity contribution in [3.05, 3.63) is 53.7 Å². The van der Waals surface area contributed by atoms with E-state index < -0.39 is 18.2 Å². The normalized spacial score (nSPS) is 14.2. The Hall–Kier alpha value is -5.26. The maximum atomic E-state index is 13.0. The van der Waals surface area contributed by atoms with Crippen LogP contribution in [0, 0.1) is 0 Å². The maximum Gasteiger partial charge on any atom is 0.321 e. The molecule has 17 nitrogen and oxygen atoms in total. The fraction of sp³-hybridized carbons (Fsp3) is 0.345. The molecule has 18 heteroatoms. The van der Waals surface area contributed by atoms with Gasteiger partial charge in [-0.25, -0.2) is 24.2 Å². The van der Waals surface area contributed by atoms with Gasteiger partial charge in [0.2, 0.25) is 0 Å². The summed E-state index contributed by atoms with van der Waals surface area (Å²) in [4.78, 5) is 35.4. The summed E-state index contributed by atoms with van der Waals surface area (Å²) in [6.07, 6.45) is 6.14. The number of benzene rings is 1. The Morgan fingerprint density at radius 1 is 1.15 bits per heavy atom. The number of amides is 4. The lowest BCUT2D eigenvalue weighted by Crippen LogP contribution is -2.58. The number of methoxy groups -OCH3 is 1. The first-order valence-corrected chi connectivity index (χ1v) is 15.3. The van der Waals surface area contributed by atoms with Crippen LogP contribution in [-0.2, 0) is 17.8 Å². The molecule has 5 heterocycles. The number of urea groups is 2. The molecule has 4 aromatic heterocycles. The van der Waals surface area contributed by atoms with Gasteiger partial charge in [0.05, 0.1) is 49.7 Å². The highest BCUT2D eigenvalue weighted by Gasteiger charge is 2.24. The first kappa shape index (κ1) is 31.7. The van der Waals surface area contributed by atoms with Crippen molar-refractivity contribution in [3.8, 4) is 11.6 Å². The second-order valence-corrected chi connectivity index (χ2v) is 11.0. The SMILES string of the molecule is CCn1ncc2c3c(NCc4ccc(OC)c(Cl)c4)nnc(-n4cnc(NC(=O)NC(CNC(N)=O)N5CCOCC5)c4)c3cnc21. The summed E-state index contributed by atoms with van der Waals surface area (Å²) >= 11 is 6.35. The summed E-state index contributed by atoms with van der Waals surface area (Å²) in [6.45, 7) is 5.39. The van der Waals surface area contributed by atoms with Crippen LogP contribution in [0.2, 0.25) is 5.02 Å². The van der Waals surface area contributed by atoms with Crippen LogP contribution in [-0.4, -0.2) is 97.6 Å². The fourth-order valence-electron chi connectivity index (χ4n) is 5.37. The first-order valence-electron chi connectivity index (χ1n) is 14.9. The Morgan fingerprint density at radius 3 is 2.72 bits per heavy atom. The highest BCUT2D eigenvalue weighted by atomic mass is 35.5. The summed E-state index contributed by atoms with van der Waals surface area (Å²) in [7, 11) is 1.57. The van der Waals surface area contributed by atoms with Gasteiger partial charge in [-0.1, -0.05) is 17.7 Å². The monoisotopic (exact) mass is 663 g/mol. The molecule has 5 aromatic rings. The Labute approximate surface area is 273 Å². The predicted octanol–water partition coefficient (Wildman–Crippen LogP) is 2.30. The Bertz CT molecular complexity index is 1910. The molecule has 0 bridgehead atoms. The van der Waals surface area contributed by atoms with Crippen LogP contribution in [0.4, 0.5) is 21.2 Å². The van der Waals surface area contributed by atoms with Crippen LogP contribution >= 0.6 is 11.6 Å². The van der Waals surface area contributed by atoms with Crippen molar-refractivity contribution in [2.24, 2.45) is 5.73 Å². The lowest BCUT2D eigenvalue weighted by atomic mass is 10.1. The van der Waals surface area contributed by atoms with Crippen molar-refractivity contribution < 1.29 is 19.1 Å². The van der Waals surface area contributed by atoms with Crippen molar-refractivity contribution in [2.75, 3.05) is 50.6 Å². The summed E-state index contributed by atoms with van der Waals surface area (Å²) in [5.41, 5.74) is 6.89. The van der Waals surface area contributed by atoms with E-state index in [2.05, 4.69) is 46.5 Å². The number of pyridine rings is 1. The number of morpholine rings is 1. The summed E-state index contributed by atoms with van der Waals surface area (Å²) in [6, 6.07) is 4.37. The molecule has 1 fully saturated rings. The number of primary amides is 1. The lowest BCUT2D eigenvalue weighted by molar-refractivity contribution is 0.0127. The van der Waals surface area contributed by atoms with E-state index >= 15 is 0 Å². The number of nitrogens with two attached hydrogens (primary N) is 1. The van der Waals surface area contributed by atoms with Crippen molar-refractivity contribution in [2.45, 2.75) is 26.2 Å². The molecule has 1 unspecified atom stereocenters. The quantitative estimate of drug-likeness (QED) is 0.139. The second-order valence-electron chi connectivity index (χ2n) is 10.6. The van der Waals surface area contributed by atoms with Gasteiger partial charge in [0.15, 0.2) is 23.1 Å². The third kappa shape index (κ3) is 6.96.